The van der Waals surface area contributed by atoms with Gasteiger partial charge in [-0.2, -0.15) is 0 Å². The van der Waals surface area contributed by atoms with Crippen LogP contribution >= 0.6 is 34.2 Å². The van der Waals surface area contributed by atoms with E-state index in [1.54, 1.807) is 7.11 Å². The maximum Gasteiger partial charge on any atom is 0.174 e. The number of Topliss-reactive ketones (excluding diaryl/α,β-unsaturated/α-hetero) is 2. The van der Waals surface area contributed by atoms with E-state index in [1.165, 1.54) is 0 Å². The normalized spacial score (nSPS) is 18.4. The molecule has 188 valence electrons. The van der Waals surface area contributed by atoms with E-state index in [-0.39, 0.29) is 17.5 Å². The number of allylic oxidation sites excluding steroid dienone is 4. The minimum absolute atomic E-state index is 0.151. The molecule has 0 saturated carbocycles. The molecule has 0 spiro atoms. The largest absolute Gasteiger partial charge is 0.493 e. The summed E-state index contributed by atoms with van der Waals surface area (Å²) in [5.41, 5.74) is 5.57. The maximum atomic E-state index is 13.4. The molecule has 2 aliphatic carbocycles. The van der Waals surface area contributed by atoms with Crippen LogP contribution in [-0.4, -0.2) is 30.1 Å². The van der Waals surface area contributed by atoms with Crippen LogP contribution < -0.4 is 9.47 Å². The van der Waals surface area contributed by atoms with Gasteiger partial charge in [-0.3, -0.25) is 9.59 Å². The third-order valence-corrected chi connectivity index (χ3v) is 8.49. The van der Waals surface area contributed by atoms with Gasteiger partial charge in [0.1, 0.15) is 6.61 Å². The average molecular weight is 618 g/mol. The first kappa shape index (κ1) is 25.3. The number of benzene rings is 2. The highest BCUT2D eigenvalue weighted by atomic mass is 127. The summed E-state index contributed by atoms with van der Waals surface area (Å²) in [6.07, 6.45) is 4.49. The van der Waals surface area contributed by atoms with Crippen molar-refractivity contribution in [3.05, 3.63) is 78.7 Å². The fraction of sp³-hybridized carbons (Fsp3) is 0.379. The van der Waals surface area contributed by atoms with Gasteiger partial charge in [-0.05, 0) is 79.0 Å². The Balaban J connectivity index is 1.60. The molecule has 2 aromatic rings. The van der Waals surface area contributed by atoms with Crippen LogP contribution in [0.4, 0.5) is 0 Å². The Bertz CT molecular complexity index is 1250. The third-order valence-electron chi connectivity index (χ3n) is 7.32. The van der Waals surface area contributed by atoms with Crippen LogP contribution in [0.25, 0.3) is 0 Å². The Kier molecular flexibility index (Phi) is 7.45. The second kappa shape index (κ2) is 10.6. The number of methoxy groups -OCH3 is 1. The van der Waals surface area contributed by atoms with Crippen molar-refractivity contribution in [1.82, 2.24) is 4.90 Å². The van der Waals surface area contributed by atoms with Gasteiger partial charge in [-0.1, -0.05) is 29.8 Å². The Morgan fingerprint density at radius 2 is 1.64 bits per heavy atom. The van der Waals surface area contributed by atoms with Crippen LogP contribution in [0, 0.1) is 3.57 Å². The van der Waals surface area contributed by atoms with Crippen molar-refractivity contribution in [2.24, 2.45) is 0 Å². The molecule has 3 aliphatic rings. The number of carbonyl (C=O) groups is 2. The average Bonchev–Trinajstić information content (AvgIpc) is 2.87. The number of halogens is 2. The topological polar surface area (TPSA) is 55.8 Å². The van der Waals surface area contributed by atoms with E-state index >= 15 is 0 Å². The van der Waals surface area contributed by atoms with Crippen molar-refractivity contribution < 1.29 is 19.1 Å². The number of nitrogens with zero attached hydrogens (tertiary/aromatic N) is 1. The molecule has 0 N–H and O–H groups in total. The molecule has 0 aromatic heterocycles. The zero-order valence-electron chi connectivity index (χ0n) is 20.5. The van der Waals surface area contributed by atoms with E-state index in [9.17, 15) is 9.59 Å². The number of hydrogen-bond donors (Lipinski definition) is 0. The lowest BCUT2D eigenvalue weighted by Gasteiger charge is -2.43. The van der Waals surface area contributed by atoms with Crippen LogP contribution in [0.15, 0.2) is 58.9 Å². The molecule has 0 saturated heterocycles. The van der Waals surface area contributed by atoms with Crippen molar-refractivity contribution in [2.45, 2.75) is 58.0 Å². The summed E-state index contributed by atoms with van der Waals surface area (Å²) < 4.78 is 12.8. The molecule has 0 unspecified atom stereocenters. The molecule has 1 aliphatic heterocycles. The van der Waals surface area contributed by atoms with Gasteiger partial charge in [0.05, 0.1) is 10.7 Å². The maximum absolute atomic E-state index is 13.4. The van der Waals surface area contributed by atoms with E-state index in [4.69, 9.17) is 21.1 Å². The molecule has 5 nitrogen and oxygen atoms in total. The van der Waals surface area contributed by atoms with Crippen LogP contribution in [0.1, 0.15) is 62.5 Å². The highest BCUT2D eigenvalue weighted by molar-refractivity contribution is 14.1. The van der Waals surface area contributed by atoms with E-state index in [0.29, 0.717) is 36.0 Å². The predicted molar refractivity (Wildman–Crippen MR) is 148 cm³/mol. The van der Waals surface area contributed by atoms with E-state index < -0.39 is 0 Å². The summed E-state index contributed by atoms with van der Waals surface area (Å²) in [5, 5.41) is 0.649. The quantitative estimate of drug-likeness (QED) is 0.328. The highest BCUT2D eigenvalue weighted by Gasteiger charge is 2.43. The Morgan fingerprint density at radius 1 is 1.00 bits per heavy atom. The number of rotatable bonds is 6. The Hall–Kier alpha value is -2.32. The molecule has 0 atom stereocenters. The molecule has 0 radical (unpaired) electrons. The fourth-order valence-corrected chi connectivity index (χ4v) is 6.71. The second-order valence-corrected chi connectivity index (χ2v) is 10.9. The minimum Gasteiger partial charge on any atom is -0.493 e. The van der Waals surface area contributed by atoms with Crippen molar-refractivity contribution in [1.29, 1.82) is 0 Å². The van der Waals surface area contributed by atoms with Crippen LogP contribution in [0.2, 0.25) is 5.02 Å². The summed E-state index contributed by atoms with van der Waals surface area (Å²) in [7, 11) is 1.62. The third kappa shape index (κ3) is 4.47. The lowest BCUT2D eigenvalue weighted by Crippen LogP contribution is -2.39. The van der Waals surface area contributed by atoms with E-state index in [0.717, 1.165) is 69.5 Å². The lowest BCUT2D eigenvalue weighted by molar-refractivity contribution is -0.117. The zero-order valence-corrected chi connectivity index (χ0v) is 23.4. The first-order valence-electron chi connectivity index (χ1n) is 12.5. The predicted octanol–water partition coefficient (Wildman–Crippen LogP) is 6.97. The SMILES string of the molecule is CCN1C2=C(C(=O)CCC2)C(c2cc(I)c(OCc3ccccc3Cl)c(OC)c2)C2=C1CCCC2=O. The molecular weight excluding hydrogens is 589 g/mol. The lowest BCUT2D eigenvalue weighted by atomic mass is 9.71. The van der Waals surface area contributed by atoms with Gasteiger partial charge < -0.3 is 14.4 Å². The van der Waals surface area contributed by atoms with Crippen molar-refractivity contribution in [3.8, 4) is 11.5 Å². The van der Waals surface area contributed by atoms with Crippen molar-refractivity contribution in [3.63, 3.8) is 0 Å². The molecule has 0 bridgehead atoms. The molecule has 1 heterocycles. The van der Waals surface area contributed by atoms with Gasteiger partial charge in [-0.15, -0.1) is 0 Å². The molecule has 0 fully saturated rings. The smallest absolute Gasteiger partial charge is 0.174 e. The first-order chi connectivity index (χ1) is 17.4. The molecular formula is C29H29ClINO4. The first-order valence-corrected chi connectivity index (χ1v) is 13.9. The standard InChI is InChI=1S/C29H29ClINO4/c1-3-32-21-10-6-12-23(33)27(21)26(28-22(32)11-7-13-24(28)34)18-14-20(31)29(25(15-18)35-2)36-16-17-8-4-5-9-19(17)30/h4-5,8-9,14-15,26H,3,6-7,10-13,16H2,1-2H3. The van der Waals surface area contributed by atoms with E-state index in [1.807, 2.05) is 36.4 Å². The Labute approximate surface area is 230 Å². The van der Waals surface area contributed by atoms with Crippen LogP contribution in [0.3, 0.4) is 0 Å². The summed E-state index contributed by atoms with van der Waals surface area (Å²) in [6.45, 7) is 3.17. The summed E-state index contributed by atoms with van der Waals surface area (Å²) >= 11 is 8.57. The van der Waals surface area contributed by atoms with Gasteiger partial charge in [0.25, 0.3) is 0 Å². The number of carbonyl (C=O) groups excluding carboxylic acids is 2. The molecule has 36 heavy (non-hydrogen) atoms. The summed E-state index contributed by atoms with van der Waals surface area (Å²) in [4.78, 5) is 29.0. The van der Waals surface area contributed by atoms with Gasteiger partial charge in [0.15, 0.2) is 23.1 Å². The number of ketones is 2. The summed E-state index contributed by atoms with van der Waals surface area (Å²) in [6, 6.07) is 11.6. The van der Waals surface area contributed by atoms with Gasteiger partial charge >= 0.3 is 0 Å². The number of hydrogen-bond acceptors (Lipinski definition) is 5. The number of ether oxygens (including phenoxy) is 2. The highest BCUT2D eigenvalue weighted by Crippen LogP contribution is 2.50. The molecule has 5 rings (SSSR count). The molecule has 2 aromatic carbocycles. The van der Waals surface area contributed by atoms with Crippen molar-refractivity contribution >= 4 is 45.8 Å². The minimum atomic E-state index is -0.363. The Morgan fingerprint density at radius 3 is 2.22 bits per heavy atom. The summed E-state index contributed by atoms with van der Waals surface area (Å²) in [5.74, 6) is 1.15. The zero-order chi connectivity index (χ0) is 25.4. The van der Waals surface area contributed by atoms with Gasteiger partial charge in [-0.25, -0.2) is 0 Å². The van der Waals surface area contributed by atoms with Gasteiger partial charge in [0.2, 0.25) is 0 Å². The van der Waals surface area contributed by atoms with Crippen molar-refractivity contribution in [2.75, 3.05) is 13.7 Å². The van der Waals surface area contributed by atoms with Crippen LogP contribution in [-0.2, 0) is 16.2 Å². The molecule has 7 heteroatoms. The van der Waals surface area contributed by atoms with Crippen LogP contribution in [0.5, 0.6) is 11.5 Å². The monoisotopic (exact) mass is 617 g/mol. The van der Waals surface area contributed by atoms with Gasteiger partial charge in [0, 0.05) is 58.4 Å². The van der Waals surface area contributed by atoms with E-state index in [2.05, 4.69) is 34.4 Å². The molecule has 0 amide bonds. The fourth-order valence-electron chi connectivity index (χ4n) is 5.74. The second-order valence-electron chi connectivity index (χ2n) is 9.37.